The molecule has 2 aromatic heterocycles. The van der Waals surface area contributed by atoms with Crippen molar-refractivity contribution in [1.82, 2.24) is 0 Å². The van der Waals surface area contributed by atoms with E-state index in [0.717, 1.165) is 123 Å². The molecular weight excluding hydrogens is 833 g/mol. The highest BCUT2D eigenvalue weighted by Gasteiger charge is 2.27. The lowest BCUT2D eigenvalue weighted by molar-refractivity contribution is -0.142. The average molecular weight is 907 g/mol. The van der Waals surface area contributed by atoms with E-state index in [1.165, 1.54) is 46.2 Å². The van der Waals surface area contributed by atoms with Gasteiger partial charge in [-0.25, -0.2) is 9.59 Å². The van der Waals surface area contributed by atoms with E-state index in [1.807, 2.05) is 12.1 Å². The van der Waals surface area contributed by atoms with Crippen LogP contribution in [0.2, 0.25) is 0 Å². The van der Waals surface area contributed by atoms with Gasteiger partial charge in [0.15, 0.2) is 0 Å². The second-order valence-electron chi connectivity index (χ2n) is 16.2. The molecule has 0 aliphatic heterocycles. The zero-order valence-electron chi connectivity index (χ0n) is 37.9. The first-order valence-electron chi connectivity index (χ1n) is 23.0. The summed E-state index contributed by atoms with van der Waals surface area (Å²) in [5.41, 5.74) is 0. The molecular formula is C48H74O8S4. The minimum Gasteiger partial charge on any atom is -0.465 e. The van der Waals surface area contributed by atoms with Gasteiger partial charge in [0.25, 0.3) is 0 Å². The number of unbranched alkanes of at least 4 members (excludes halogenated alkanes) is 4. The zero-order valence-corrected chi connectivity index (χ0v) is 41.2. The molecule has 0 spiro atoms. The number of esters is 4. The number of carbonyl (C=O) groups is 4. The van der Waals surface area contributed by atoms with Crippen molar-refractivity contribution < 1.29 is 38.1 Å². The van der Waals surface area contributed by atoms with E-state index in [9.17, 15) is 19.2 Å². The number of thiophene rings is 2. The molecule has 0 aliphatic carbocycles. The average Bonchev–Trinajstić information content (AvgIpc) is 3.81. The molecule has 0 radical (unpaired) electrons. The van der Waals surface area contributed by atoms with E-state index in [4.69, 9.17) is 18.9 Å². The Balaban J connectivity index is 2.02. The molecule has 12 heteroatoms. The van der Waals surface area contributed by atoms with Gasteiger partial charge in [0.1, 0.15) is 9.75 Å². The van der Waals surface area contributed by atoms with Gasteiger partial charge in [-0.15, -0.1) is 46.2 Å². The highest BCUT2D eigenvalue weighted by molar-refractivity contribution is 8.00. The van der Waals surface area contributed by atoms with Crippen LogP contribution in [0.5, 0.6) is 0 Å². The molecule has 3 rings (SSSR count). The number of hydrogen-bond acceptors (Lipinski definition) is 12. The van der Waals surface area contributed by atoms with Crippen molar-refractivity contribution in [3.8, 4) is 0 Å². The normalized spacial score (nSPS) is 13.6. The standard InChI is InChI=1S/C48H74O8S4/c1-9-17-21-33(13-5)27-53-41(49)31-57-43-37-25-40-38(26-39(37)59-45(43)47(51)55-29-35(15-7)23-19-11-3)44(58-32-42(50)54-28-34(14-6)22-18-10-2)46(60-40)48(52)56-30-36(16-8)24-20-12-4/h25-26,33-36H,9-24,27-32H2,1-8H3. The first kappa shape index (κ1) is 52.1. The summed E-state index contributed by atoms with van der Waals surface area (Å²) in [6.07, 6.45) is 16.6. The second-order valence-corrected chi connectivity index (χ2v) is 20.2. The SMILES string of the molecule is CCCCC(CC)COC(=O)CSc1c(C(=O)OCC(CC)CCCC)sc2cc3c(SCC(=O)OCC(CC)CCCC)c(C(=O)OCC(CC)CCCC)sc3cc12. The topological polar surface area (TPSA) is 105 Å². The van der Waals surface area contributed by atoms with Crippen molar-refractivity contribution in [2.75, 3.05) is 37.9 Å². The summed E-state index contributed by atoms with van der Waals surface area (Å²) in [7, 11) is 0. The fraction of sp³-hybridized carbons (Fsp3) is 0.708. The highest BCUT2D eigenvalue weighted by atomic mass is 32.2. The van der Waals surface area contributed by atoms with Crippen molar-refractivity contribution in [1.29, 1.82) is 0 Å². The van der Waals surface area contributed by atoms with Crippen LogP contribution in [-0.4, -0.2) is 61.8 Å². The Hall–Kier alpha value is -2.28. The number of thioether (sulfide) groups is 2. The van der Waals surface area contributed by atoms with Gasteiger partial charge in [-0.1, -0.05) is 132 Å². The van der Waals surface area contributed by atoms with Crippen LogP contribution < -0.4 is 0 Å². The predicted octanol–water partition coefficient (Wildman–Crippen LogP) is 14.6. The lowest BCUT2D eigenvalue weighted by Gasteiger charge is -2.15. The number of carbonyl (C=O) groups excluding carboxylic acids is 4. The zero-order chi connectivity index (χ0) is 43.9. The third-order valence-corrected chi connectivity index (χ3v) is 16.2. The van der Waals surface area contributed by atoms with Gasteiger partial charge in [0, 0.05) is 30.0 Å². The molecule has 1 aromatic carbocycles. The Morgan fingerprint density at radius 3 is 1.07 bits per heavy atom. The Kier molecular flexibility index (Phi) is 25.3. The summed E-state index contributed by atoms with van der Waals surface area (Å²) >= 11 is 5.30. The van der Waals surface area contributed by atoms with Gasteiger partial charge < -0.3 is 18.9 Å². The van der Waals surface area contributed by atoms with E-state index in [0.29, 0.717) is 57.8 Å². The summed E-state index contributed by atoms with van der Waals surface area (Å²) in [6, 6.07) is 4.03. The smallest absolute Gasteiger partial charge is 0.349 e. The quantitative estimate of drug-likeness (QED) is 0.0341. The molecule has 338 valence electrons. The van der Waals surface area contributed by atoms with Crippen LogP contribution in [0.15, 0.2) is 21.9 Å². The molecule has 4 unspecified atom stereocenters. The van der Waals surface area contributed by atoms with Crippen molar-refractivity contribution in [2.24, 2.45) is 23.7 Å². The van der Waals surface area contributed by atoms with E-state index >= 15 is 0 Å². The lowest BCUT2D eigenvalue weighted by atomic mass is 10.0. The molecule has 3 aromatic rings. The van der Waals surface area contributed by atoms with Gasteiger partial charge in [0.2, 0.25) is 0 Å². The van der Waals surface area contributed by atoms with Crippen LogP contribution >= 0.6 is 46.2 Å². The van der Waals surface area contributed by atoms with Crippen LogP contribution in [0, 0.1) is 23.7 Å². The monoisotopic (exact) mass is 906 g/mol. The van der Waals surface area contributed by atoms with Crippen LogP contribution in [0.25, 0.3) is 20.2 Å². The van der Waals surface area contributed by atoms with Crippen LogP contribution in [0.4, 0.5) is 0 Å². The molecule has 4 atom stereocenters. The van der Waals surface area contributed by atoms with E-state index in [1.54, 1.807) is 0 Å². The maximum absolute atomic E-state index is 13.9. The minimum absolute atomic E-state index is 0.0572. The van der Waals surface area contributed by atoms with E-state index in [2.05, 4.69) is 55.4 Å². The molecule has 2 heterocycles. The largest absolute Gasteiger partial charge is 0.465 e. The molecule has 0 saturated carbocycles. The second kappa shape index (κ2) is 29.2. The summed E-state index contributed by atoms with van der Waals surface area (Å²) in [5.74, 6) is -0.0707. The molecule has 0 fully saturated rings. The van der Waals surface area contributed by atoms with Crippen LogP contribution in [-0.2, 0) is 28.5 Å². The van der Waals surface area contributed by atoms with Crippen molar-refractivity contribution in [2.45, 2.75) is 168 Å². The minimum atomic E-state index is -0.393. The van der Waals surface area contributed by atoms with E-state index < -0.39 is 11.9 Å². The van der Waals surface area contributed by atoms with Gasteiger partial charge in [-0.3, -0.25) is 9.59 Å². The first-order chi connectivity index (χ1) is 29.1. The number of hydrogen-bond donors (Lipinski definition) is 0. The Morgan fingerprint density at radius 2 is 0.783 bits per heavy atom. The number of fused-ring (bicyclic) bond motifs is 2. The summed E-state index contributed by atoms with van der Waals surface area (Å²) < 4.78 is 25.1. The van der Waals surface area contributed by atoms with Crippen LogP contribution in [0.1, 0.15) is 177 Å². The molecule has 60 heavy (non-hydrogen) atoms. The van der Waals surface area contributed by atoms with Gasteiger partial charge in [-0.05, 0) is 61.5 Å². The Bertz CT molecular complexity index is 1620. The van der Waals surface area contributed by atoms with Crippen molar-refractivity contribution in [3.05, 3.63) is 21.9 Å². The molecule has 0 bridgehead atoms. The highest BCUT2D eigenvalue weighted by Crippen LogP contribution is 2.46. The Labute approximate surface area is 377 Å². The summed E-state index contributed by atoms with van der Waals surface area (Å²) in [4.78, 5) is 56.4. The number of ether oxygens (including phenoxy) is 4. The summed E-state index contributed by atoms with van der Waals surface area (Å²) in [5, 5.41) is 1.65. The molecule has 0 saturated heterocycles. The fourth-order valence-electron chi connectivity index (χ4n) is 7.07. The molecule has 0 N–H and O–H groups in total. The van der Waals surface area contributed by atoms with Gasteiger partial charge >= 0.3 is 23.9 Å². The third kappa shape index (κ3) is 16.8. The van der Waals surface area contributed by atoms with E-state index in [-0.39, 0.29) is 35.3 Å². The fourth-order valence-corrected chi connectivity index (χ4v) is 11.6. The van der Waals surface area contributed by atoms with Gasteiger partial charge in [-0.2, -0.15) is 0 Å². The van der Waals surface area contributed by atoms with Crippen molar-refractivity contribution in [3.63, 3.8) is 0 Å². The third-order valence-electron chi connectivity index (χ3n) is 11.5. The summed E-state index contributed by atoms with van der Waals surface area (Å²) in [6.45, 7) is 18.6. The lowest BCUT2D eigenvalue weighted by Crippen LogP contribution is -2.16. The van der Waals surface area contributed by atoms with Crippen molar-refractivity contribution >= 4 is 90.2 Å². The predicted molar refractivity (Wildman–Crippen MR) is 254 cm³/mol. The number of benzene rings is 1. The maximum atomic E-state index is 13.9. The van der Waals surface area contributed by atoms with Gasteiger partial charge in [0.05, 0.1) is 37.9 Å². The molecule has 0 amide bonds. The number of rotatable bonds is 32. The maximum Gasteiger partial charge on any atom is 0.349 e. The molecule has 8 nitrogen and oxygen atoms in total. The van der Waals surface area contributed by atoms with Crippen LogP contribution in [0.3, 0.4) is 0 Å². The molecule has 0 aliphatic rings. The Morgan fingerprint density at radius 1 is 0.483 bits per heavy atom. The first-order valence-corrected chi connectivity index (χ1v) is 26.6.